The molecule has 2 aromatic heterocycles. The Labute approximate surface area is 148 Å². The van der Waals surface area contributed by atoms with Gasteiger partial charge in [-0.1, -0.05) is 11.2 Å². The average Bonchev–Trinajstić information content (AvgIpc) is 3.11. The van der Waals surface area contributed by atoms with Crippen LogP contribution in [-0.4, -0.2) is 17.4 Å². The summed E-state index contributed by atoms with van der Waals surface area (Å²) < 4.78 is 15.8. The number of nitrogens with zero attached hydrogens (tertiary/aromatic N) is 1. The molecule has 0 saturated carbocycles. The summed E-state index contributed by atoms with van der Waals surface area (Å²) in [6.45, 7) is 1.88. The molecule has 2 heterocycles. The van der Waals surface area contributed by atoms with E-state index in [1.807, 2.05) is 25.1 Å². The standard InChI is InChI=1S/C20H15NO5/c1-11-3-8-14-17(9-11)25-20(23)18(19(14)22)15-10-16(26-21-15)12-4-6-13(24-2)7-5-12/h3-10,22H,1-2H3. The van der Waals surface area contributed by atoms with E-state index in [-0.39, 0.29) is 17.0 Å². The van der Waals surface area contributed by atoms with Crippen LogP contribution < -0.4 is 10.4 Å². The summed E-state index contributed by atoms with van der Waals surface area (Å²) in [5.41, 5.74) is 1.54. The summed E-state index contributed by atoms with van der Waals surface area (Å²) in [7, 11) is 1.59. The quantitative estimate of drug-likeness (QED) is 0.560. The first-order valence-electron chi connectivity index (χ1n) is 7.95. The predicted octanol–water partition coefficient (Wildman–Crippen LogP) is 4.14. The molecule has 4 rings (SSSR count). The van der Waals surface area contributed by atoms with E-state index in [0.717, 1.165) is 16.9 Å². The Morgan fingerprint density at radius 3 is 2.58 bits per heavy atom. The topological polar surface area (TPSA) is 85.7 Å². The van der Waals surface area contributed by atoms with Gasteiger partial charge in [0.1, 0.15) is 28.3 Å². The van der Waals surface area contributed by atoms with Crippen molar-refractivity contribution in [2.75, 3.05) is 7.11 Å². The third-order valence-corrected chi connectivity index (χ3v) is 4.18. The number of aromatic nitrogens is 1. The highest BCUT2D eigenvalue weighted by molar-refractivity contribution is 5.90. The number of hydrogen-bond donors (Lipinski definition) is 1. The van der Waals surface area contributed by atoms with Crippen molar-refractivity contribution in [3.63, 3.8) is 0 Å². The van der Waals surface area contributed by atoms with Gasteiger partial charge < -0.3 is 18.8 Å². The van der Waals surface area contributed by atoms with Crippen LogP contribution >= 0.6 is 0 Å². The van der Waals surface area contributed by atoms with Gasteiger partial charge in [0, 0.05) is 11.6 Å². The molecule has 0 atom stereocenters. The molecule has 0 bridgehead atoms. The van der Waals surface area contributed by atoms with Gasteiger partial charge >= 0.3 is 5.63 Å². The van der Waals surface area contributed by atoms with E-state index in [1.54, 1.807) is 37.4 Å². The van der Waals surface area contributed by atoms with E-state index in [0.29, 0.717) is 16.7 Å². The highest BCUT2D eigenvalue weighted by Crippen LogP contribution is 2.34. The molecule has 6 nitrogen and oxygen atoms in total. The van der Waals surface area contributed by atoms with Crippen molar-refractivity contribution in [1.82, 2.24) is 5.16 Å². The lowest BCUT2D eigenvalue weighted by molar-refractivity contribution is 0.414. The number of rotatable bonds is 3. The van der Waals surface area contributed by atoms with Crippen molar-refractivity contribution in [3.05, 3.63) is 64.5 Å². The Kier molecular flexibility index (Phi) is 3.73. The summed E-state index contributed by atoms with van der Waals surface area (Å²) in [6.07, 6.45) is 0. The van der Waals surface area contributed by atoms with Gasteiger partial charge in [0.05, 0.1) is 12.5 Å². The molecule has 0 amide bonds. The molecule has 4 aromatic rings. The van der Waals surface area contributed by atoms with Gasteiger partial charge in [-0.15, -0.1) is 0 Å². The summed E-state index contributed by atoms with van der Waals surface area (Å²) in [5.74, 6) is 1.01. The van der Waals surface area contributed by atoms with E-state index in [4.69, 9.17) is 13.7 Å². The minimum atomic E-state index is -0.671. The maximum atomic E-state index is 12.4. The summed E-state index contributed by atoms with van der Waals surface area (Å²) in [6, 6.07) is 14.0. The third-order valence-electron chi connectivity index (χ3n) is 4.18. The maximum Gasteiger partial charge on any atom is 0.349 e. The van der Waals surface area contributed by atoms with E-state index in [2.05, 4.69) is 5.16 Å². The average molecular weight is 349 g/mol. The fourth-order valence-electron chi connectivity index (χ4n) is 2.80. The SMILES string of the molecule is COc1ccc(-c2cc(-c3c(O)c4ccc(C)cc4oc3=O)no2)cc1. The molecule has 0 radical (unpaired) electrons. The molecule has 6 heteroatoms. The zero-order valence-electron chi connectivity index (χ0n) is 14.1. The fourth-order valence-corrected chi connectivity index (χ4v) is 2.80. The molecule has 26 heavy (non-hydrogen) atoms. The first-order valence-corrected chi connectivity index (χ1v) is 7.95. The summed E-state index contributed by atoms with van der Waals surface area (Å²) in [4.78, 5) is 12.4. The van der Waals surface area contributed by atoms with Gasteiger partial charge in [-0.25, -0.2) is 4.79 Å². The lowest BCUT2D eigenvalue weighted by Crippen LogP contribution is -2.03. The van der Waals surface area contributed by atoms with Crippen LogP contribution in [0.3, 0.4) is 0 Å². The van der Waals surface area contributed by atoms with Gasteiger partial charge in [0.15, 0.2) is 5.76 Å². The number of aryl methyl sites for hydroxylation is 1. The predicted molar refractivity (Wildman–Crippen MR) is 96.4 cm³/mol. The molecule has 0 spiro atoms. The van der Waals surface area contributed by atoms with Crippen molar-refractivity contribution in [3.8, 4) is 34.1 Å². The van der Waals surface area contributed by atoms with Crippen molar-refractivity contribution in [2.24, 2.45) is 0 Å². The molecule has 0 aliphatic carbocycles. The number of ether oxygens (including phenoxy) is 1. The molecule has 0 fully saturated rings. The monoisotopic (exact) mass is 349 g/mol. The second-order valence-electron chi connectivity index (χ2n) is 5.92. The van der Waals surface area contributed by atoms with E-state index in [1.165, 1.54) is 0 Å². The maximum absolute atomic E-state index is 12.4. The normalized spacial score (nSPS) is 11.0. The lowest BCUT2D eigenvalue weighted by atomic mass is 10.1. The number of aromatic hydroxyl groups is 1. The van der Waals surface area contributed by atoms with Gasteiger partial charge in [0.2, 0.25) is 0 Å². The van der Waals surface area contributed by atoms with Crippen LogP contribution in [0.15, 0.2) is 62.3 Å². The molecule has 2 aromatic carbocycles. The number of hydrogen-bond acceptors (Lipinski definition) is 6. The van der Waals surface area contributed by atoms with Crippen LogP contribution in [-0.2, 0) is 0 Å². The molecular weight excluding hydrogens is 334 g/mol. The molecule has 0 aliphatic rings. The Morgan fingerprint density at radius 1 is 1.08 bits per heavy atom. The second-order valence-corrected chi connectivity index (χ2v) is 5.92. The summed E-state index contributed by atoms with van der Waals surface area (Å²) >= 11 is 0. The molecule has 0 saturated heterocycles. The largest absolute Gasteiger partial charge is 0.506 e. The van der Waals surface area contributed by atoms with E-state index >= 15 is 0 Å². The summed E-state index contributed by atoms with van der Waals surface area (Å²) in [5, 5.41) is 14.9. The van der Waals surface area contributed by atoms with Crippen LogP contribution in [0.4, 0.5) is 0 Å². The Hall–Kier alpha value is -3.54. The number of methoxy groups -OCH3 is 1. The van der Waals surface area contributed by atoms with Gasteiger partial charge in [-0.3, -0.25) is 0 Å². The van der Waals surface area contributed by atoms with Crippen LogP contribution in [0.25, 0.3) is 33.6 Å². The van der Waals surface area contributed by atoms with Gasteiger partial charge in [-0.2, -0.15) is 0 Å². The van der Waals surface area contributed by atoms with Crippen molar-refractivity contribution in [2.45, 2.75) is 6.92 Å². The van der Waals surface area contributed by atoms with E-state index < -0.39 is 5.63 Å². The van der Waals surface area contributed by atoms with Crippen molar-refractivity contribution in [1.29, 1.82) is 0 Å². The van der Waals surface area contributed by atoms with Gasteiger partial charge in [-0.05, 0) is 48.9 Å². The lowest BCUT2D eigenvalue weighted by Gasteiger charge is -2.04. The molecular formula is C20H15NO5. The first kappa shape index (κ1) is 16.0. The highest BCUT2D eigenvalue weighted by Gasteiger charge is 2.20. The van der Waals surface area contributed by atoms with Crippen molar-refractivity contribution >= 4 is 11.0 Å². The first-order chi connectivity index (χ1) is 12.6. The molecule has 130 valence electrons. The number of fused-ring (bicyclic) bond motifs is 1. The van der Waals surface area contributed by atoms with E-state index in [9.17, 15) is 9.90 Å². The number of benzene rings is 2. The third kappa shape index (κ3) is 2.61. The zero-order valence-corrected chi connectivity index (χ0v) is 14.1. The Bertz CT molecular complexity index is 1160. The Morgan fingerprint density at radius 2 is 1.85 bits per heavy atom. The van der Waals surface area contributed by atoms with Crippen molar-refractivity contribution < 1.29 is 18.8 Å². The van der Waals surface area contributed by atoms with Crippen LogP contribution in [0.2, 0.25) is 0 Å². The molecule has 0 unspecified atom stereocenters. The highest BCUT2D eigenvalue weighted by atomic mass is 16.5. The van der Waals surface area contributed by atoms with Crippen LogP contribution in [0, 0.1) is 6.92 Å². The van der Waals surface area contributed by atoms with Gasteiger partial charge in [0.25, 0.3) is 0 Å². The smallest absolute Gasteiger partial charge is 0.349 e. The minimum Gasteiger partial charge on any atom is -0.506 e. The second kappa shape index (κ2) is 6.07. The fraction of sp³-hybridized carbons (Fsp3) is 0.100. The minimum absolute atomic E-state index is 0.0233. The van der Waals surface area contributed by atoms with Crippen LogP contribution in [0.1, 0.15) is 5.56 Å². The molecule has 0 aliphatic heterocycles. The van der Waals surface area contributed by atoms with Crippen LogP contribution in [0.5, 0.6) is 11.5 Å². The molecule has 1 N–H and O–H groups in total. The Balaban J connectivity index is 1.82. The zero-order chi connectivity index (χ0) is 18.3.